The summed E-state index contributed by atoms with van der Waals surface area (Å²) in [4.78, 5) is 9.60. The summed E-state index contributed by atoms with van der Waals surface area (Å²) in [5, 5.41) is 3.68. The third-order valence-corrected chi connectivity index (χ3v) is 6.65. The Kier molecular flexibility index (Phi) is 6.07. The van der Waals surface area contributed by atoms with Crippen LogP contribution in [0.1, 0.15) is 37.3 Å². The van der Waals surface area contributed by atoms with Gasteiger partial charge in [0.05, 0.1) is 19.8 Å². The molecule has 1 aromatic carbocycles. The van der Waals surface area contributed by atoms with Crippen LogP contribution in [0.3, 0.4) is 0 Å². The van der Waals surface area contributed by atoms with Gasteiger partial charge < -0.3 is 19.7 Å². The van der Waals surface area contributed by atoms with Crippen molar-refractivity contribution in [2.45, 2.75) is 31.7 Å². The number of guanidine groups is 1. The molecule has 0 aromatic heterocycles. The van der Waals surface area contributed by atoms with Crippen LogP contribution in [0.4, 0.5) is 0 Å². The topological polar surface area (TPSA) is 49.3 Å². The van der Waals surface area contributed by atoms with E-state index >= 15 is 0 Å². The molecule has 3 aliphatic heterocycles. The number of methoxy groups -OCH3 is 1. The number of benzene rings is 1. The first-order valence-electron chi connectivity index (χ1n) is 10.6. The van der Waals surface area contributed by atoms with Crippen LogP contribution in [-0.2, 0) is 4.74 Å². The standard InChI is InChI=1S/C22H34N4O2/c1-23-21(26-12-8-22(16-26)9-13-28-17-22)24-15-20(25-10-3-4-11-25)18-6-5-7-19(14-18)27-2/h5-7,14,20H,3-4,8-13,15-17H2,1-2H3,(H,23,24). The minimum atomic E-state index is 0.334. The summed E-state index contributed by atoms with van der Waals surface area (Å²) in [5.41, 5.74) is 1.66. The van der Waals surface area contributed by atoms with Gasteiger partial charge in [-0.2, -0.15) is 0 Å². The van der Waals surface area contributed by atoms with Gasteiger partial charge in [-0.15, -0.1) is 0 Å². The zero-order valence-electron chi connectivity index (χ0n) is 17.3. The van der Waals surface area contributed by atoms with E-state index < -0.39 is 0 Å². The van der Waals surface area contributed by atoms with Gasteiger partial charge in [0.15, 0.2) is 5.96 Å². The minimum absolute atomic E-state index is 0.334. The fourth-order valence-electron chi connectivity index (χ4n) is 4.97. The summed E-state index contributed by atoms with van der Waals surface area (Å²) in [6, 6.07) is 8.84. The summed E-state index contributed by atoms with van der Waals surface area (Å²) in [6.07, 6.45) is 4.95. The molecule has 1 spiro atoms. The highest BCUT2D eigenvalue weighted by Crippen LogP contribution is 2.38. The first kappa shape index (κ1) is 19.5. The molecule has 1 N–H and O–H groups in total. The van der Waals surface area contributed by atoms with Crippen LogP contribution in [0.5, 0.6) is 5.75 Å². The van der Waals surface area contributed by atoms with Gasteiger partial charge >= 0.3 is 0 Å². The molecule has 3 saturated heterocycles. The van der Waals surface area contributed by atoms with Crippen molar-refractivity contribution < 1.29 is 9.47 Å². The average molecular weight is 387 g/mol. The predicted octanol–water partition coefficient (Wildman–Crippen LogP) is 2.52. The maximum Gasteiger partial charge on any atom is 0.193 e. The molecular weight excluding hydrogens is 352 g/mol. The fourth-order valence-corrected chi connectivity index (χ4v) is 4.97. The molecule has 0 saturated carbocycles. The predicted molar refractivity (Wildman–Crippen MR) is 112 cm³/mol. The highest BCUT2D eigenvalue weighted by molar-refractivity contribution is 5.80. The van der Waals surface area contributed by atoms with Crippen LogP contribution < -0.4 is 10.1 Å². The third-order valence-electron chi connectivity index (χ3n) is 6.65. The maximum absolute atomic E-state index is 5.68. The van der Waals surface area contributed by atoms with Gasteiger partial charge in [0.1, 0.15) is 5.75 Å². The monoisotopic (exact) mass is 386 g/mol. The minimum Gasteiger partial charge on any atom is -0.497 e. The Bertz CT molecular complexity index is 681. The van der Waals surface area contributed by atoms with E-state index in [1.165, 1.54) is 31.2 Å². The van der Waals surface area contributed by atoms with Gasteiger partial charge in [0.2, 0.25) is 0 Å². The largest absolute Gasteiger partial charge is 0.497 e. The quantitative estimate of drug-likeness (QED) is 0.622. The van der Waals surface area contributed by atoms with Gasteiger partial charge in [0.25, 0.3) is 0 Å². The molecule has 1 aromatic rings. The molecule has 6 nitrogen and oxygen atoms in total. The Morgan fingerprint density at radius 3 is 2.86 bits per heavy atom. The summed E-state index contributed by atoms with van der Waals surface area (Å²) < 4.78 is 11.2. The Hall–Kier alpha value is -1.79. The van der Waals surface area contributed by atoms with Crippen molar-refractivity contribution in [3.63, 3.8) is 0 Å². The van der Waals surface area contributed by atoms with Crippen LogP contribution in [0.15, 0.2) is 29.3 Å². The lowest BCUT2D eigenvalue weighted by molar-refractivity contribution is 0.156. The molecule has 3 aliphatic rings. The Morgan fingerprint density at radius 1 is 1.29 bits per heavy atom. The number of ether oxygens (including phenoxy) is 2. The van der Waals surface area contributed by atoms with Gasteiger partial charge in [-0.1, -0.05) is 12.1 Å². The van der Waals surface area contributed by atoms with E-state index in [1.54, 1.807) is 7.11 Å². The van der Waals surface area contributed by atoms with Crippen molar-refractivity contribution in [3.8, 4) is 5.75 Å². The second kappa shape index (κ2) is 8.70. The summed E-state index contributed by atoms with van der Waals surface area (Å²) in [5.74, 6) is 1.95. The Balaban J connectivity index is 1.44. The molecule has 0 amide bonds. The van der Waals surface area contributed by atoms with Crippen LogP contribution in [0.25, 0.3) is 0 Å². The number of hydrogen-bond donors (Lipinski definition) is 1. The van der Waals surface area contributed by atoms with Gasteiger partial charge in [0, 0.05) is 38.7 Å². The zero-order chi connectivity index (χ0) is 19.4. The SMILES string of the molecule is CN=C(NCC(c1cccc(OC)c1)N1CCCC1)N1CCC2(CCOC2)C1. The van der Waals surface area contributed by atoms with E-state index in [0.29, 0.717) is 11.5 Å². The lowest BCUT2D eigenvalue weighted by Gasteiger charge is -2.31. The second-order valence-corrected chi connectivity index (χ2v) is 8.44. The molecule has 0 radical (unpaired) electrons. The summed E-state index contributed by atoms with van der Waals surface area (Å²) in [6.45, 7) is 7.11. The Labute approximate surface area is 168 Å². The smallest absolute Gasteiger partial charge is 0.193 e. The molecule has 3 heterocycles. The van der Waals surface area contributed by atoms with E-state index in [-0.39, 0.29) is 0 Å². The van der Waals surface area contributed by atoms with Crippen molar-refractivity contribution >= 4 is 5.96 Å². The lowest BCUT2D eigenvalue weighted by atomic mass is 9.87. The van der Waals surface area contributed by atoms with E-state index in [0.717, 1.165) is 57.6 Å². The first-order valence-corrected chi connectivity index (χ1v) is 10.6. The van der Waals surface area contributed by atoms with E-state index in [4.69, 9.17) is 9.47 Å². The number of likely N-dealkylation sites (tertiary alicyclic amines) is 2. The van der Waals surface area contributed by atoms with Crippen LogP contribution in [0.2, 0.25) is 0 Å². The number of rotatable bonds is 5. The number of nitrogens with one attached hydrogen (secondary N) is 1. The van der Waals surface area contributed by atoms with Crippen molar-refractivity contribution in [2.24, 2.45) is 10.4 Å². The Morgan fingerprint density at radius 2 is 2.14 bits per heavy atom. The molecule has 4 rings (SSSR count). The molecule has 28 heavy (non-hydrogen) atoms. The van der Waals surface area contributed by atoms with Crippen LogP contribution in [-0.4, -0.2) is 75.9 Å². The van der Waals surface area contributed by atoms with Crippen molar-refractivity contribution in [1.29, 1.82) is 0 Å². The van der Waals surface area contributed by atoms with Crippen molar-refractivity contribution in [3.05, 3.63) is 29.8 Å². The highest BCUT2D eigenvalue weighted by atomic mass is 16.5. The fraction of sp³-hybridized carbons (Fsp3) is 0.682. The molecule has 0 aliphatic carbocycles. The molecule has 154 valence electrons. The van der Waals surface area contributed by atoms with Crippen LogP contribution in [0, 0.1) is 5.41 Å². The van der Waals surface area contributed by atoms with Gasteiger partial charge in [-0.3, -0.25) is 9.89 Å². The summed E-state index contributed by atoms with van der Waals surface area (Å²) >= 11 is 0. The average Bonchev–Trinajstić information content (AvgIpc) is 3.49. The van der Waals surface area contributed by atoms with Gasteiger partial charge in [-0.25, -0.2) is 0 Å². The number of hydrogen-bond acceptors (Lipinski definition) is 4. The molecule has 2 unspecified atom stereocenters. The number of nitrogens with zero attached hydrogens (tertiary/aromatic N) is 3. The summed E-state index contributed by atoms with van der Waals surface area (Å²) in [7, 11) is 3.63. The van der Waals surface area contributed by atoms with Crippen LogP contribution >= 0.6 is 0 Å². The second-order valence-electron chi connectivity index (χ2n) is 8.44. The van der Waals surface area contributed by atoms with E-state index in [2.05, 4.69) is 38.3 Å². The van der Waals surface area contributed by atoms with Gasteiger partial charge in [-0.05, 0) is 56.5 Å². The molecule has 2 atom stereocenters. The first-order chi connectivity index (χ1) is 13.7. The lowest BCUT2D eigenvalue weighted by Crippen LogP contribution is -2.45. The third kappa shape index (κ3) is 4.13. The van der Waals surface area contributed by atoms with Crippen molar-refractivity contribution in [1.82, 2.24) is 15.1 Å². The molecule has 3 fully saturated rings. The molecule has 6 heteroatoms. The van der Waals surface area contributed by atoms with Crippen molar-refractivity contribution in [2.75, 3.05) is 60.1 Å². The molecular formula is C22H34N4O2. The van der Waals surface area contributed by atoms with E-state index in [1.807, 2.05) is 13.1 Å². The zero-order valence-corrected chi connectivity index (χ0v) is 17.3. The molecule has 0 bridgehead atoms. The maximum atomic E-state index is 5.68. The highest BCUT2D eigenvalue weighted by Gasteiger charge is 2.42. The normalized spacial score (nSPS) is 26.9. The number of aliphatic imine (C=N–C) groups is 1. The van der Waals surface area contributed by atoms with E-state index in [9.17, 15) is 0 Å².